The quantitative estimate of drug-likeness (QED) is 0.821. The molecule has 0 bridgehead atoms. The van der Waals surface area contributed by atoms with E-state index in [0.29, 0.717) is 0 Å². The maximum Gasteiger partial charge on any atom is 0.167 e. The van der Waals surface area contributed by atoms with Crippen molar-refractivity contribution in [3.8, 4) is 0 Å². The minimum atomic E-state index is 0.0737. The second-order valence-electron chi connectivity index (χ2n) is 3.76. The minimum absolute atomic E-state index is 0.0737. The number of fused-ring (bicyclic) bond motifs is 1. The number of nitrogens with one attached hydrogen (secondary N) is 1. The van der Waals surface area contributed by atoms with Crippen molar-refractivity contribution in [1.29, 1.82) is 0 Å². The van der Waals surface area contributed by atoms with Crippen LogP contribution in [0, 0.1) is 0 Å². The van der Waals surface area contributed by atoms with Crippen molar-refractivity contribution in [2.45, 2.75) is 19.1 Å². The largest absolute Gasteiger partial charge is 0.371 e. The van der Waals surface area contributed by atoms with Crippen molar-refractivity contribution in [3.63, 3.8) is 0 Å². The van der Waals surface area contributed by atoms with E-state index in [1.807, 2.05) is 11.6 Å². The predicted molar refractivity (Wildman–Crippen MR) is 59.1 cm³/mol. The molecule has 0 spiro atoms. The molecular formula is C10H13N5O. The highest BCUT2D eigenvalue weighted by Gasteiger charge is 2.20. The van der Waals surface area contributed by atoms with Crippen molar-refractivity contribution in [2.24, 2.45) is 0 Å². The Kier molecular flexibility index (Phi) is 2.21. The molecule has 0 saturated carbocycles. The van der Waals surface area contributed by atoms with Crippen molar-refractivity contribution in [3.05, 3.63) is 12.7 Å². The van der Waals surface area contributed by atoms with E-state index in [0.717, 1.165) is 36.4 Å². The second-order valence-corrected chi connectivity index (χ2v) is 3.76. The number of hydrogen-bond acceptors (Lipinski definition) is 5. The topological polar surface area (TPSA) is 64.9 Å². The molecule has 84 valence electrons. The lowest BCUT2D eigenvalue weighted by Crippen LogP contribution is -2.06. The molecule has 2 aromatic heterocycles. The first-order valence-corrected chi connectivity index (χ1v) is 5.37. The molecule has 1 N–H and O–H groups in total. The fraction of sp³-hybridized carbons (Fsp3) is 0.500. The Morgan fingerprint density at radius 3 is 3.12 bits per heavy atom. The lowest BCUT2D eigenvalue weighted by Gasteiger charge is -2.11. The Morgan fingerprint density at radius 1 is 1.44 bits per heavy atom. The molecular weight excluding hydrogens is 206 g/mol. The van der Waals surface area contributed by atoms with E-state index < -0.39 is 0 Å². The van der Waals surface area contributed by atoms with E-state index in [1.54, 1.807) is 12.7 Å². The Bertz CT molecular complexity index is 503. The number of ether oxygens (including phenoxy) is 1. The molecule has 2 aromatic rings. The molecule has 1 saturated heterocycles. The van der Waals surface area contributed by atoms with Crippen LogP contribution in [-0.2, 0) is 4.74 Å². The zero-order chi connectivity index (χ0) is 11.0. The van der Waals surface area contributed by atoms with Gasteiger partial charge in [0.2, 0.25) is 0 Å². The number of imidazole rings is 1. The van der Waals surface area contributed by atoms with Gasteiger partial charge in [0.1, 0.15) is 18.1 Å². The van der Waals surface area contributed by atoms with Crippen molar-refractivity contribution >= 4 is 17.0 Å². The summed E-state index contributed by atoms with van der Waals surface area (Å²) in [6.45, 7) is 0.814. The fourth-order valence-electron chi connectivity index (χ4n) is 2.03. The van der Waals surface area contributed by atoms with Gasteiger partial charge in [-0.25, -0.2) is 15.0 Å². The number of anilines is 1. The van der Waals surface area contributed by atoms with Crippen LogP contribution in [0.2, 0.25) is 0 Å². The maximum absolute atomic E-state index is 5.62. The number of nitrogens with zero attached hydrogens (tertiary/aromatic N) is 4. The summed E-state index contributed by atoms with van der Waals surface area (Å²) in [6.07, 6.45) is 5.50. The highest BCUT2D eigenvalue weighted by molar-refractivity contribution is 5.82. The van der Waals surface area contributed by atoms with Crippen LogP contribution in [0.1, 0.15) is 19.1 Å². The molecule has 3 heterocycles. The summed E-state index contributed by atoms with van der Waals surface area (Å²) >= 11 is 0. The van der Waals surface area contributed by atoms with Crippen LogP contribution < -0.4 is 5.32 Å². The van der Waals surface area contributed by atoms with Gasteiger partial charge in [0, 0.05) is 13.7 Å². The van der Waals surface area contributed by atoms with E-state index in [4.69, 9.17) is 4.74 Å². The Hall–Kier alpha value is -1.69. The third-order valence-corrected chi connectivity index (χ3v) is 2.81. The summed E-state index contributed by atoms with van der Waals surface area (Å²) < 4.78 is 7.60. The molecule has 3 rings (SSSR count). The Balaban J connectivity index is 2.12. The molecule has 6 nitrogen and oxygen atoms in total. The monoisotopic (exact) mass is 219 g/mol. The van der Waals surface area contributed by atoms with Crippen LogP contribution in [0.5, 0.6) is 0 Å². The van der Waals surface area contributed by atoms with E-state index in [2.05, 4.69) is 20.3 Å². The molecule has 0 aliphatic carbocycles. The van der Waals surface area contributed by atoms with Gasteiger partial charge in [-0.05, 0) is 12.8 Å². The van der Waals surface area contributed by atoms with Gasteiger partial charge in [-0.15, -0.1) is 0 Å². The summed E-state index contributed by atoms with van der Waals surface area (Å²) in [5, 5.41) is 3.01. The first kappa shape index (κ1) is 9.53. The molecule has 16 heavy (non-hydrogen) atoms. The number of rotatable bonds is 2. The van der Waals surface area contributed by atoms with E-state index >= 15 is 0 Å². The van der Waals surface area contributed by atoms with Gasteiger partial charge in [-0.1, -0.05) is 0 Å². The van der Waals surface area contributed by atoms with Gasteiger partial charge in [-0.2, -0.15) is 0 Å². The minimum Gasteiger partial charge on any atom is -0.371 e. The van der Waals surface area contributed by atoms with Crippen LogP contribution in [0.4, 0.5) is 5.82 Å². The summed E-state index contributed by atoms with van der Waals surface area (Å²) in [6, 6.07) is 0. The lowest BCUT2D eigenvalue weighted by molar-refractivity contribution is 0.0593. The first-order chi connectivity index (χ1) is 7.90. The summed E-state index contributed by atoms with van der Waals surface area (Å²) in [5.41, 5.74) is 1.62. The smallest absolute Gasteiger partial charge is 0.167 e. The Morgan fingerprint density at radius 2 is 2.38 bits per heavy atom. The van der Waals surface area contributed by atoms with Gasteiger partial charge in [0.05, 0.1) is 6.33 Å². The van der Waals surface area contributed by atoms with Crippen LogP contribution in [-0.4, -0.2) is 33.2 Å². The number of aromatic nitrogens is 4. The van der Waals surface area contributed by atoms with Crippen molar-refractivity contribution in [2.75, 3.05) is 19.0 Å². The molecule has 1 aliphatic heterocycles. The highest BCUT2D eigenvalue weighted by atomic mass is 16.5. The molecule has 0 unspecified atom stereocenters. The van der Waals surface area contributed by atoms with Gasteiger partial charge < -0.3 is 10.1 Å². The van der Waals surface area contributed by atoms with Gasteiger partial charge >= 0.3 is 0 Å². The molecule has 6 heteroatoms. The van der Waals surface area contributed by atoms with Gasteiger partial charge in [-0.3, -0.25) is 4.57 Å². The molecule has 0 radical (unpaired) electrons. The van der Waals surface area contributed by atoms with Gasteiger partial charge in [0.15, 0.2) is 11.5 Å². The summed E-state index contributed by atoms with van der Waals surface area (Å²) in [7, 11) is 1.83. The average molecular weight is 219 g/mol. The maximum atomic E-state index is 5.62. The summed E-state index contributed by atoms with van der Waals surface area (Å²) in [4.78, 5) is 12.7. The predicted octanol–water partition coefficient (Wildman–Crippen LogP) is 1.18. The van der Waals surface area contributed by atoms with Crippen LogP contribution in [0.15, 0.2) is 12.7 Å². The highest BCUT2D eigenvalue weighted by Crippen LogP contribution is 2.27. The molecule has 0 aromatic carbocycles. The average Bonchev–Trinajstić information content (AvgIpc) is 2.96. The normalized spacial score (nSPS) is 20.4. The van der Waals surface area contributed by atoms with E-state index in [1.165, 1.54) is 0 Å². The zero-order valence-electron chi connectivity index (χ0n) is 9.05. The molecule has 1 aliphatic rings. The first-order valence-electron chi connectivity index (χ1n) is 5.37. The Labute approximate surface area is 92.7 Å². The molecule has 1 atom stereocenters. The van der Waals surface area contributed by atoms with Crippen molar-refractivity contribution in [1.82, 2.24) is 19.5 Å². The third-order valence-electron chi connectivity index (χ3n) is 2.81. The van der Waals surface area contributed by atoms with Crippen LogP contribution in [0.25, 0.3) is 11.2 Å². The lowest BCUT2D eigenvalue weighted by atomic mass is 10.3. The fourth-order valence-corrected chi connectivity index (χ4v) is 2.03. The standard InChI is InChI=1S/C10H13N5O/c1-11-9-8-10(13-5-12-9)15(6-14-8)7-3-2-4-16-7/h5-7H,2-4H2,1H3,(H,11,12,13)/t7-/m1/s1. The summed E-state index contributed by atoms with van der Waals surface area (Å²) in [5.74, 6) is 0.752. The zero-order valence-corrected chi connectivity index (χ0v) is 9.05. The van der Waals surface area contributed by atoms with Crippen LogP contribution >= 0.6 is 0 Å². The third kappa shape index (κ3) is 1.34. The second kappa shape index (κ2) is 3.71. The van der Waals surface area contributed by atoms with E-state index in [9.17, 15) is 0 Å². The SMILES string of the molecule is CNc1ncnc2c1ncn2[C@H]1CCCO1. The molecule has 0 amide bonds. The van der Waals surface area contributed by atoms with Gasteiger partial charge in [0.25, 0.3) is 0 Å². The number of hydrogen-bond donors (Lipinski definition) is 1. The van der Waals surface area contributed by atoms with Crippen molar-refractivity contribution < 1.29 is 4.74 Å². The van der Waals surface area contributed by atoms with Crippen LogP contribution in [0.3, 0.4) is 0 Å². The van der Waals surface area contributed by atoms with E-state index in [-0.39, 0.29) is 6.23 Å². The molecule has 1 fully saturated rings.